The molecule has 20 heavy (non-hydrogen) atoms. The molecule has 1 heterocycles. The van der Waals surface area contributed by atoms with E-state index in [0.717, 1.165) is 35.4 Å². The van der Waals surface area contributed by atoms with Gasteiger partial charge < -0.3 is 10.5 Å². The average molecular weight is 269 g/mol. The summed E-state index contributed by atoms with van der Waals surface area (Å²) in [6, 6.07) is 7.77. The maximum atomic E-state index is 6.13. The first-order chi connectivity index (χ1) is 9.78. The van der Waals surface area contributed by atoms with Gasteiger partial charge in [0.2, 0.25) is 0 Å². The standard InChI is InChI=1S/C16H19N3O/c1-20-12-9-7-11(8-10-12)16-18-14-6-4-2-3-5-13(14)15(17)19-16/h7-10H,2-6H2,1H3,(H2,17,18,19). The van der Waals surface area contributed by atoms with Crippen molar-refractivity contribution in [2.45, 2.75) is 32.1 Å². The maximum Gasteiger partial charge on any atom is 0.161 e. The molecule has 0 radical (unpaired) electrons. The summed E-state index contributed by atoms with van der Waals surface area (Å²) in [6.07, 6.45) is 5.62. The van der Waals surface area contributed by atoms with E-state index in [1.807, 2.05) is 24.3 Å². The molecule has 104 valence electrons. The van der Waals surface area contributed by atoms with Crippen molar-refractivity contribution in [1.82, 2.24) is 9.97 Å². The molecule has 1 aliphatic carbocycles. The van der Waals surface area contributed by atoms with Crippen molar-refractivity contribution in [3.63, 3.8) is 0 Å². The third-order valence-electron chi connectivity index (χ3n) is 3.81. The van der Waals surface area contributed by atoms with E-state index in [2.05, 4.69) is 4.98 Å². The normalized spacial score (nSPS) is 14.4. The Hall–Kier alpha value is -2.10. The Labute approximate surface area is 119 Å². The fraction of sp³-hybridized carbons (Fsp3) is 0.375. The van der Waals surface area contributed by atoms with Crippen LogP contribution in [0.25, 0.3) is 11.4 Å². The highest BCUT2D eigenvalue weighted by Crippen LogP contribution is 2.27. The molecule has 0 bridgehead atoms. The molecule has 0 atom stereocenters. The molecule has 0 spiro atoms. The highest BCUT2D eigenvalue weighted by Gasteiger charge is 2.15. The molecule has 4 nitrogen and oxygen atoms in total. The second-order valence-corrected chi connectivity index (χ2v) is 5.15. The van der Waals surface area contributed by atoms with E-state index in [-0.39, 0.29) is 0 Å². The number of fused-ring (bicyclic) bond motifs is 1. The van der Waals surface area contributed by atoms with Gasteiger partial charge in [0, 0.05) is 16.8 Å². The Kier molecular flexibility index (Phi) is 3.54. The molecule has 0 saturated heterocycles. The summed E-state index contributed by atoms with van der Waals surface area (Å²) in [7, 11) is 1.66. The van der Waals surface area contributed by atoms with Gasteiger partial charge in [0.15, 0.2) is 5.82 Å². The number of methoxy groups -OCH3 is 1. The Morgan fingerprint density at radius 2 is 1.75 bits per heavy atom. The zero-order valence-electron chi connectivity index (χ0n) is 11.7. The van der Waals surface area contributed by atoms with Crippen LogP contribution in [0.5, 0.6) is 5.75 Å². The minimum Gasteiger partial charge on any atom is -0.497 e. The van der Waals surface area contributed by atoms with Gasteiger partial charge in [-0.1, -0.05) is 6.42 Å². The van der Waals surface area contributed by atoms with E-state index in [4.69, 9.17) is 15.5 Å². The van der Waals surface area contributed by atoms with Gasteiger partial charge >= 0.3 is 0 Å². The summed E-state index contributed by atoms with van der Waals surface area (Å²) in [5.41, 5.74) is 9.38. The third kappa shape index (κ3) is 2.46. The molecule has 1 aliphatic rings. The van der Waals surface area contributed by atoms with Crippen LogP contribution >= 0.6 is 0 Å². The van der Waals surface area contributed by atoms with Gasteiger partial charge in [-0.2, -0.15) is 0 Å². The maximum absolute atomic E-state index is 6.13. The number of aromatic nitrogens is 2. The summed E-state index contributed by atoms with van der Waals surface area (Å²) >= 11 is 0. The topological polar surface area (TPSA) is 61.0 Å². The van der Waals surface area contributed by atoms with Crippen LogP contribution in [0.1, 0.15) is 30.5 Å². The smallest absolute Gasteiger partial charge is 0.161 e. The van der Waals surface area contributed by atoms with Crippen LogP contribution in [0.2, 0.25) is 0 Å². The molecule has 1 aromatic carbocycles. The Morgan fingerprint density at radius 1 is 1.00 bits per heavy atom. The fourth-order valence-electron chi connectivity index (χ4n) is 2.67. The van der Waals surface area contributed by atoms with Crippen molar-refractivity contribution in [2.24, 2.45) is 0 Å². The lowest BCUT2D eigenvalue weighted by Gasteiger charge is -2.10. The minimum atomic E-state index is 0.641. The molecule has 2 N–H and O–H groups in total. The van der Waals surface area contributed by atoms with Crippen molar-refractivity contribution < 1.29 is 4.74 Å². The first-order valence-electron chi connectivity index (χ1n) is 7.07. The molecule has 0 unspecified atom stereocenters. The predicted octanol–water partition coefficient (Wildman–Crippen LogP) is 3.00. The number of rotatable bonds is 2. The van der Waals surface area contributed by atoms with Gasteiger partial charge in [0.25, 0.3) is 0 Å². The predicted molar refractivity (Wildman–Crippen MR) is 79.7 cm³/mol. The number of hydrogen-bond donors (Lipinski definition) is 1. The van der Waals surface area contributed by atoms with Crippen LogP contribution in [0.4, 0.5) is 5.82 Å². The zero-order chi connectivity index (χ0) is 13.9. The second kappa shape index (κ2) is 5.49. The second-order valence-electron chi connectivity index (χ2n) is 5.15. The SMILES string of the molecule is COc1ccc(-c2nc(N)c3c(n2)CCCCC3)cc1. The first-order valence-corrected chi connectivity index (χ1v) is 7.07. The lowest BCUT2D eigenvalue weighted by molar-refractivity contribution is 0.415. The monoisotopic (exact) mass is 269 g/mol. The zero-order valence-corrected chi connectivity index (χ0v) is 11.7. The van der Waals surface area contributed by atoms with Crippen LogP contribution in [0, 0.1) is 0 Å². The van der Waals surface area contributed by atoms with Crippen LogP contribution in [-0.2, 0) is 12.8 Å². The van der Waals surface area contributed by atoms with Crippen molar-refractivity contribution in [3.05, 3.63) is 35.5 Å². The number of ether oxygens (including phenoxy) is 1. The van der Waals surface area contributed by atoms with Crippen LogP contribution in [-0.4, -0.2) is 17.1 Å². The van der Waals surface area contributed by atoms with Crippen LogP contribution in [0.3, 0.4) is 0 Å². The largest absolute Gasteiger partial charge is 0.497 e. The molecule has 0 fully saturated rings. The molecule has 0 amide bonds. The van der Waals surface area contributed by atoms with E-state index in [0.29, 0.717) is 11.6 Å². The van der Waals surface area contributed by atoms with E-state index in [9.17, 15) is 0 Å². The number of aryl methyl sites for hydroxylation is 1. The molecular weight excluding hydrogens is 250 g/mol. The van der Waals surface area contributed by atoms with Crippen LogP contribution < -0.4 is 10.5 Å². The lowest BCUT2D eigenvalue weighted by atomic mass is 10.1. The summed E-state index contributed by atoms with van der Waals surface area (Å²) in [6.45, 7) is 0. The van der Waals surface area contributed by atoms with Crippen LogP contribution in [0.15, 0.2) is 24.3 Å². The number of nitrogens with zero attached hydrogens (tertiary/aromatic N) is 2. The molecule has 0 aliphatic heterocycles. The summed E-state index contributed by atoms with van der Waals surface area (Å²) < 4.78 is 5.17. The van der Waals surface area contributed by atoms with Gasteiger partial charge in [-0.25, -0.2) is 9.97 Å². The van der Waals surface area contributed by atoms with Crippen molar-refractivity contribution in [3.8, 4) is 17.1 Å². The van der Waals surface area contributed by atoms with Gasteiger partial charge in [0.05, 0.1) is 7.11 Å². The Morgan fingerprint density at radius 3 is 2.50 bits per heavy atom. The molecular formula is C16H19N3O. The van der Waals surface area contributed by atoms with Crippen molar-refractivity contribution >= 4 is 5.82 Å². The highest BCUT2D eigenvalue weighted by molar-refractivity contribution is 5.60. The molecule has 4 heteroatoms. The Balaban J connectivity index is 2.01. The average Bonchev–Trinajstić information content (AvgIpc) is 2.73. The number of benzene rings is 1. The lowest BCUT2D eigenvalue weighted by Crippen LogP contribution is -2.06. The van der Waals surface area contributed by atoms with Gasteiger partial charge in [-0.3, -0.25) is 0 Å². The highest BCUT2D eigenvalue weighted by atomic mass is 16.5. The molecule has 3 rings (SSSR count). The van der Waals surface area contributed by atoms with Gasteiger partial charge in [-0.15, -0.1) is 0 Å². The minimum absolute atomic E-state index is 0.641. The number of nitrogens with two attached hydrogens (primary N) is 1. The van der Waals surface area contributed by atoms with E-state index < -0.39 is 0 Å². The molecule has 2 aromatic rings. The van der Waals surface area contributed by atoms with E-state index >= 15 is 0 Å². The number of hydrogen-bond acceptors (Lipinski definition) is 4. The fourth-order valence-corrected chi connectivity index (χ4v) is 2.67. The third-order valence-corrected chi connectivity index (χ3v) is 3.81. The van der Waals surface area contributed by atoms with Crippen molar-refractivity contribution in [1.29, 1.82) is 0 Å². The summed E-state index contributed by atoms with van der Waals surface area (Å²) in [5, 5.41) is 0. The van der Waals surface area contributed by atoms with Gasteiger partial charge in [-0.05, 0) is 49.9 Å². The molecule has 0 saturated carbocycles. The van der Waals surface area contributed by atoms with Crippen molar-refractivity contribution in [2.75, 3.05) is 12.8 Å². The summed E-state index contributed by atoms with van der Waals surface area (Å²) in [5.74, 6) is 2.19. The number of nitrogen functional groups attached to an aromatic ring is 1. The molecule has 1 aromatic heterocycles. The Bertz CT molecular complexity index is 608. The van der Waals surface area contributed by atoms with E-state index in [1.165, 1.54) is 19.3 Å². The van der Waals surface area contributed by atoms with Gasteiger partial charge in [0.1, 0.15) is 11.6 Å². The summed E-state index contributed by atoms with van der Waals surface area (Å²) in [4.78, 5) is 9.21. The number of anilines is 1. The van der Waals surface area contributed by atoms with E-state index in [1.54, 1.807) is 7.11 Å². The first kappa shape index (κ1) is 12.9. The quantitative estimate of drug-likeness (QED) is 0.851.